The van der Waals surface area contributed by atoms with Crippen molar-refractivity contribution in [3.05, 3.63) is 18.2 Å². The quantitative estimate of drug-likeness (QED) is 0.374. The van der Waals surface area contributed by atoms with Crippen molar-refractivity contribution >= 4 is 17.3 Å². The first-order valence-electron chi connectivity index (χ1n) is 4.00. The van der Waals surface area contributed by atoms with Crippen molar-refractivity contribution in [3.8, 4) is 0 Å². The molecular weight excluding hydrogens is 186 g/mol. The fourth-order valence-corrected chi connectivity index (χ4v) is 0.981. The Morgan fingerprint density at radius 2 is 2.46 bits per heavy atom. The minimum atomic E-state index is 0.336. The lowest BCUT2D eigenvalue weighted by Crippen LogP contribution is -2.34. The SMILES string of the molecule is NC(=S)NCCNCc1cnc[nH]1. The zero-order valence-electron chi connectivity index (χ0n) is 7.21. The van der Waals surface area contributed by atoms with Crippen LogP contribution in [-0.4, -0.2) is 28.2 Å². The highest BCUT2D eigenvalue weighted by Crippen LogP contribution is 1.87. The maximum Gasteiger partial charge on any atom is 0.163 e. The molecule has 1 heterocycles. The number of nitrogens with one attached hydrogen (secondary N) is 3. The Labute approximate surface area is 82.1 Å². The lowest BCUT2D eigenvalue weighted by Gasteiger charge is -2.04. The molecule has 5 N–H and O–H groups in total. The summed E-state index contributed by atoms with van der Waals surface area (Å²) < 4.78 is 0. The van der Waals surface area contributed by atoms with Gasteiger partial charge in [-0.1, -0.05) is 0 Å². The van der Waals surface area contributed by atoms with Crippen molar-refractivity contribution in [2.24, 2.45) is 5.73 Å². The van der Waals surface area contributed by atoms with E-state index in [1.807, 2.05) is 0 Å². The van der Waals surface area contributed by atoms with Gasteiger partial charge in [0.05, 0.1) is 6.33 Å². The van der Waals surface area contributed by atoms with Crippen LogP contribution in [0.15, 0.2) is 12.5 Å². The number of imidazole rings is 1. The second kappa shape index (κ2) is 5.50. The highest BCUT2D eigenvalue weighted by molar-refractivity contribution is 7.80. The summed E-state index contributed by atoms with van der Waals surface area (Å²) in [4.78, 5) is 6.89. The fraction of sp³-hybridized carbons (Fsp3) is 0.429. The highest BCUT2D eigenvalue weighted by Gasteiger charge is 1.92. The Hall–Kier alpha value is -1.14. The average Bonchev–Trinajstić information content (AvgIpc) is 2.55. The molecule has 0 bridgehead atoms. The largest absolute Gasteiger partial charge is 0.376 e. The molecule has 0 saturated carbocycles. The van der Waals surface area contributed by atoms with E-state index >= 15 is 0 Å². The molecule has 0 spiro atoms. The molecule has 0 aliphatic rings. The number of hydrogen-bond donors (Lipinski definition) is 4. The van der Waals surface area contributed by atoms with Crippen LogP contribution in [0, 0.1) is 0 Å². The van der Waals surface area contributed by atoms with Gasteiger partial charge < -0.3 is 21.4 Å². The van der Waals surface area contributed by atoms with Crippen LogP contribution in [0.2, 0.25) is 0 Å². The highest BCUT2D eigenvalue weighted by atomic mass is 32.1. The van der Waals surface area contributed by atoms with Crippen molar-refractivity contribution in [2.45, 2.75) is 6.54 Å². The number of aromatic nitrogens is 2. The molecule has 1 aromatic rings. The molecule has 1 rings (SSSR count). The molecule has 0 aliphatic heterocycles. The van der Waals surface area contributed by atoms with E-state index in [1.165, 1.54) is 0 Å². The first-order valence-corrected chi connectivity index (χ1v) is 4.41. The minimum Gasteiger partial charge on any atom is -0.376 e. The molecule has 5 nitrogen and oxygen atoms in total. The standard InChI is InChI=1S/C7H13N5S/c8-7(13)11-2-1-9-3-6-4-10-5-12-6/h4-5,9H,1-3H2,(H,10,12)(H3,8,11,13). The first-order chi connectivity index (χ1) is 6.29. The monoisotopic (exact) mass is 199 g/mol. The van der Waals surface area contributed by atoms with E-state index < -0.39 is 0 Å². The minimum absolute atomic E-state index is 0.336. The number of hydrogen-bond acceptors (Lipinski definition) is 3. The van der Waals surface area contributed by atoms with Crippen LogP contribution in [0.5, 0.6) is 0 Å². The van der Waals surface area contributed by atoms with Gasteiger partial charge in [0.2, 0.25) is 0 Å². The van der Waals surface area contributed by atoms with Gasteiger partial charge in [0, 0.05) is 31.5 Å². The zero-order chi connectivity index (χ0) is 9.52. The van der Waals surface area contributed by atoms with Gasteiger partial charge in [-0.2, -0.15) is 0 Å². The second-order valence-electron chi connectivity index (χ2n) is 2.54. The van der Waals surface area contributed by atoms with E-state index in [2.05, 4.69) is 32.8 Å². The third-order valence-electron chi connectivity index (χ3n) is 1.47. The predicted octanol–water partition coefficient (Wildman–Crippen LogP) is -0.667. The van der Waals surface area contributed by atoms with E-state index in [0.717, 1.165) is 25.3 Å². The van der Waals surface area contributed by atoms with Crippen LogP contribution in [0.3, 0.4) is 0 Å². The number of rotatable bonds is 5. The van der Waals surface area contributed by atoms with Crippen LogP contribution in [-0.2, 0) is 6.54 Å². The van der Waals surface area contributed by atoms with E-state index in [0.29, 0.717) is 5.11 Å². The van der Waals surface area contributed by atoms with Crippen LogP contribution < -0.4 is 16.4 Å². The van der Waals surface area contributed by atoms with Crippen molar-refractivity contribution in [2.75, 3.05) is 13.1 Å². The fourth-order valence-electron chi connectivity index (χ4n) is 0.879. The van der Waals surface area contributed by atoms with E-state index in [1.54, 1.807) is 12.5 Å². The maximum absolute atomic E-state index is 5.25. The number of nitrogens with zero attached hydrogens (tertiary/aromatic N) is 1. The van der Waals surface area contributed by atoms with E-state index in [-0.39, 0.29) is 0 Å². The molecular formula is C7H13N5S. The molecule has 0 aliphatic carbocycles. The molecule has 0 aromatic carbocycles. The molecule has 0 amide bonds. The molecule has 0 fully saturated rings. The van der Waals surface area contributed by atoms with Gasteiger partial charge >= 0.3 is 0 Å². The van der Waals surface area contributed by atoms with Gasteiger partial charge in [0.1, 0.15) is 0 Å². The summed E-state index contributed by atoms with van der Waals surface area (Å²) in [6.07, 6.45) is 3.44. The maximum atomic E-state index is 5.25. The van der Waals surface area contributed by atoms with E-state index in [9.17, 15) is 0 Å². The number of nitrogens with two attached hydrogens (primary N) is 1. The van der Waals surface area contributed by atoms with Crippen molar-refractivity contribution in [1.82, 2.24) is 20.6 Å². The molecule has 0 unspecified atom stereocenters. The van der Waals surface area contributed by atoms with Crippen LogP contribution in [0.25, 0.3) is 0 Å². The van der Waals surface area contributed by atoms with Gasteiger partial charge in [0.15, 0.2) is 5.11 Å². The van der Waals surface area contributed by atoms with Crippen molar-refractivity contribution < 1.29 is 0 Å². The Kier molecular flexibility index (Phi) is 4.20. The van der Waals surface area contributed by atoms with Crippen LogP contribution in [0.1, 0.15) is 5.69 Å². The molecule has 1 aromatic heterocycles. The summed E-state index contributed by atoms with van der Waals surface area (Å²) in [5, 5.41) is 6.38. The zero-order valence-corrected chi connectivity index (χ0v) is 8.03. The molecule has 0 radical (unpaired) electrons. The Morgan fingerprint density at radius 1 is 1.62 bits per heavy atom. The smallest absolute Gasteiger partial charge is 0.163 e. The Bertz CT molecular complexity index is 245. The van der Waals surface area contributed by atoms with E-state index in [4.69, 9.17) is 5.73 Å². The molecule has 0 saturated heterocycles. The number of thiocarbonyl (C=S) groups is 1. The Morgan fingerprint density at radius 3 is 3.08 bits per heavy atom. The summed E-state index contributed by atoms with van der Waals surface area (Å²) in [5.41, 5.74) is 6.31. The topological polar surface area (TPSA) is 78.8 Å². The van der Waals surface area contributed by atoms with Crippen LogP contribution in [0.4, 0.5) is 0 Å². The van der Waals surface area contributed by atoms with Crippen molar-refractivity contribution in [1.29, 1.82) is 0 Å². The summed E-state index contributed by atoms with van der Waals surface area (Å²) in [7, 11) is 0. The average molecular weight is 199 g/mol. The molecule has 0 atom stereocenters. The Balaban J connectivity index is 1.99. The van der Waals surface area contributed by atoms with Crippen LogP contribution >= 0.6 is 12.2 Å². The van der Waals surface area contributed by atoms with Gasteiger partial charge in [-0.15, -0.1) is 0 Å². The number of aromatic amines is 1. The normalized spacial score (nSPS) is 9.85. The third-order valence-corrected chi connectivity index (χ3v) is 1.62. The lowest BCUT2D eigenvalue weighted by molar-refractivity contribution is 0.664. The number of H-pyrrole nitrogens is 1. The first kappa shape index (κ1) is 9.94. The summed E-state index contributed by atoms with van der Waals surface area (Å²) in [6, 6.07) is 0. The van der Waals surface area contributed by atoms with Crippen molar-refractivity contribution in [3.63, 3.8) is 0 Å². The molecule has 72 valence electrons. The second-order valence-corrected chi connectivity index (χ2v) is 2.98. The third kappa shape index (κ3) is 4.44. The predicted molar refractivity (Wildman–Crippen MR) is 55.1 cm³/mol. The lowest BCUT2D eigenvalue weighted by atomic mass is 10.4. The summed E-state index contributed by atoms with van der Waals surface area (Å²) >= 11 is 4.65. The molecule has 6 heteroatoms. The van der Waals surface area contributed by atoms with Gasteiger partial charge in [-0.05, 0) is 12.2 Å². The van der Waals surface area contributed by atoms with Gasteiger partial charge in [-0.25, -0.2) is 4.98 Å². The summed E-state index contributed by atoms with van der Waals surface area (Å²) in [5.74, 6) is 0. The molecule has 13 heavy (non-hydrogen) atoms. The van der Waals surface area contributed by atoms with Gasteiger partial charge in [-0.3, -0.25) is 0 Å². The summed E-state index contributed by atoms with van der Waals surface area (Å²) in [6.45, 7) is 2.33. The van der Waals surface area contributed by atoms with Gasteiger partial charge in [0.25, 0.3) is 0 Å².